The van der Waals surface area contributed by atoms with Gasteiger partial charge < -0.3 is 24.5 Å². The Morgan fingerprint density at radius 3 is 2.61 bits per heavy atom. The molecular weight excluding hydrogens is 437 g/mol. The van der Waals surface area contributed by atoms with E-state index in [0.29, 0.717) is 12.5 Å². The third kappa shape index (κ3) is 7.01. The van der Waals surface area contributed by atoms with Crippen molar-refractivity contribution in [2.24, 2.45) is 5.92 Å². The second-order valence-corrected chi connectivity index (χ2v) is 7.89. The molecule has 1 aliphatic heterocycles. The largest absolute Gasteiger partial charge is 0.493 e. The van der Waals surface area contributed by atoms with E-state index < -0.39 is 6.10 Å². The van der Waals surface area contributed by atoms with Crippen LogP contribution in [0.5, 0.6) is 11.5 Å². The average molecular weight is 468 g/mol. The van der Waals surface area contributed by atoms with E-state index >= 15 is 0 Å². The number of ether oxygens (including phenoxy) is 2. The van der Waals surface area contributed by atoms with Crippen LogP contribution < -0.4 is 9.47 Å². The van der Waals surface area contributed by atoms with Crippen molar-refractivity contribution >= 4 is 35.8 Å². The maximum Gasteiger partial charge on any atom is 0.147 e. The smallest absolute Gasteiger partial charge is 0.147 e. The summed E-state index contributed by atoms with van der Waals surface area (Å²) >= 11 is 0. The number of para-hydroxylation sites is 1. The van der Waals surface area contributed by atoms with E-state index in [2.05, 4.69) is 14.9 Å². The van der Waals surface area contributed by atoms with Crippen LogP contribution in [0.2, 0.25) is 0 Å². The highest BCUT2D eigenvalue weighted by molar-refractivity contribution is 5.85. The fraction of sp³-hybridized carbons (Fsp3) is 0.435. The van der Waals surface area contributed by atoms with Gasteiger partial charge in [0.1, 0.15) is 29.7 Å². The van der Waals surface area contributed by atoms with Gasteiger partial charge in [-0.1, -0.05) is 18.2 Å². The Balaban J connectivity index is 0.00000171. The molecule has 0 aliphatic carbocycles. The number of hydrogen-bond donors (Lipinski definition) is 2. The van der Waals surface area contributed by atoms with Crippen molar-refractivity contribution in [2.75, 3.05) is 32.8 Å². The van der Waals surface area contributed by atoms with Crippen molar-refractivity contribution < 1.29 is 14.6 Å². The number of aromatic amines is 1. The number of halogens is 2. The van der Waals surface area contributed by atoms with Crippen molar-refractivity contribution in [1.29, 1.82) is 0 Å². The van der Waals surface area contributed by atoms with E-state index in [1.54, 1.807) is 6.33 Å². The van der Waals surface area contributed by atoms with E-state index in [0.717, 1.165) is 60.6 Å². The number of H-pyrrole nitrogens is 1. The Labute approximate surface area is 195 Å². The predicted octanol–water partition coefficient (Wildman–Crippen LogP) is 4.25. The van der Waals surface area contributed by atoms with Gasteiger partial charge in [0, 0.05) is 6.54 Å². The summed E-state index contributed by atoms with van der Waals surface area (Å²) in [6.07, 6.45) is 3.32. The molecule has 1 aliphatic rings. The molecule has 2 N–H and O–H groups in total. The summed E-state index contributed by atoms with van der Waals surface area (Å²) in [7, 11) is 0. The van der Waals surface area contributed by atoms with Crippen LogP contribution in [0, 0.1) is 12.8 Å². The Kier molecular flexibility index (Phi) is 9.91. The van der Waals surface area contributed by atoms with Crippen LogP contribution in [-0.4, -0.2) is 58.9 Å². The van der Waals surface area contributed by atoms with Gasteiger partial charge in [-0.25, -0.2) is 4.98 Å². The molecule has 1 atom stereocenters. The molecule has 0 amide bonds. The highest BCUT2D eigenvalue weighted by Gasteiger charge is 2.22. The number of piperidine rings is 1. The number of rotatable bonds is 8. The second-order valence-electron chi connectivity index (χ2n) is 7.89. The molecule has 1 fully saturated rings. The van der Waals surface area contributed by atoms with Crippen molar-refractivity contribution in [3.05, 3.63) is 54.4 Å². The van der Waals surface area contributed by atoms with Gasteiger partial charge in [-0.3, -0.25) is 0 Å². The minimum absolute atomic E-state index is 0. The van der Waals surface area contributed by atoms with E-state index in [-0.39, 0.29) is 31.4 Å². The maximum absolute atomic E-state index is 10.5. The van der Waals surface area contributed by atoms with Crippen LogP contribution in [0.3, 0.4) is 0 Å². The average Bonchev–Trinajstić information content (AvgIpc) is 3.21. The number of fused-ring (bicyclic) bond motifs is 1. The number of aromatic nitrogens is 2. The number of likely N-dealkylation sites (tertiary alicyclic amines) is 1. The van der Waals surface area contributed by atoms with Crippen molar-refractivity contribution in [2.45, 2.75) is 25.9 Å². The van der Waals surface area contributed by atoms with Gasteiger partial charge in [0.2, 0.25) is 0 Å². The quantitative estimate of drug-likeness (QED) is 0.518. The molecule has 3 aromatic rings. The van der Waals surface area contributed by atoms with Crippen LogP contribution in [0.1, 0.15) is 18.4 Å². The lowest BCUT2D eigenvalue weighted by molar-refractivity contribution is 0.0506. The third-order valence-corrected chi connectivity index (χ3v) is 5.47. The summed E-state index contributed by atoms with van der Waals surface area (Å²) in [5.41, 5.74) is 2.86. The zero-order valence-corrected chi connectivity index (χ0v) is 19.3. The van der Waals surface area contributed by atoms with Gasteiger partial charge in [0.15, 0.2) is 0 Å². The fourth-order valence-corrected chi connectivity index (χ4v) is 3.87. The molecular formula is C23H31Cl2N3O3. The first-order valence-corrected chi connectivity index (χ1v) is 10.3. The fourth-order valence-electron chi connectivity index (χ4n) is 3.87. The molecule has 1 unspecified atom stereocenters. The van der Waals surface area contributed by atoms with Crippen LogP contribution in [0.4, 0.5) is 0 Å². The molecule has 4 rings (SSSR count). The maximum atomic E-state index is 10.5. The van der Waals surface area contributed by atoms with Crippen LogP contribution in [0.15, 0.2) is 48.8 Å². The minimum atomic E-state index is -0.526. The molecule has 8 heteroatoms. The van der Waals surface area contributed by atoms with Crippen molar-refractivity contribution in [3.8, 4) is 11.5 Å². The highest BCUT2D eigenvalue weighted by atomic mass is 35.5. The molecule has 0 saturated carbocycles. The van der Waals surface area contributed by atoms with Gasteiger partial charge in [0.25, 0.3) is 0 Å². The molecule has 0 radical (unpaired) electrons. The first-order valence-electron chi connectivity index (χ1n) is 10.3. The third-order valence-electron chi connectivity index (χ3n) is 5.47. The number of aryl methyl sites for hydroxylation is 1. The van der Waals surface area contributed by atoms with Crippen LogP contribution in [-0.2, 0) is 0 Å². The number of nitrogens with one attached hydrogen (secondary N) is 1. The number of benzene rings is 2. The Morgan fingerprint density at radius 2 is 1.87 bits per heavy atom. The number of hydrogen-bond acceptors (Lipinski definition) is 5. The summed E-state index contributed by atoms with van der Waals surface area (Å²) in [6.45, 7) is 5.64. The SMILES string of the molecule is Cc1cc(OCC(O)CN2CCC(COc3ccccc3)CC2)c2nc[nH]c2c1.Cl.Cl. The summed E-state index contributed by atoms with van der Waals surface area (Å²) in [5, 5.41) is 10.5. The van der Waals surface area contributed by atoms with Gasteiger partial charge in [0.05, 0.1) is 18.5 Å². The second kappa shape index (κ2) is 12.2. The highest BCUT2D eigenvalue weighted by Crippen LogP contribution is 2.25. The Morgan fingerprint density at radius 1 is 1.13 bits per heavy atom. The molecule has 1 aromatic heterocycles. The van der Waals surface area contributed by atoms with E-state index in [1.807, 2.05) is 49.4 Å². The Hall–Kier alpha value is -1.99. The molecule has 31 heavy (non-hydrogen) atoms. The lowest BCUT2D eigenvalue weighted by atomic mass is 9.97. The van der Waals surface area contributed by atoms with Gasteiger partial charge in [-0.15, -0.1) is 24.8 Å². The Bertz CT molecular complexity index is 915. The first-order chi connectivity index (χ1) is 14.2. The monoisotopic (exact) mass is 467 g/mol. The van der Waals surface area contributed by atoms with Gasteiger partial charge in [-0.05, 0) is 68.6 Å². The number of aliphatic hydroxyl groups excluding tert-OH is 1. The zero-order valence-electron chi connectivity index (χ0n) is 17.7. The zero-order chi connectivity index (χ0) is 20.1. The number of nitrogens with zero attached hydrogens (tertiary/aromatic N) is 2. The van der Waals surface area contributed by atoms with Crippen LogP contribution >= 0.6 is 24.8 Å². The van der Waals surface area contributed by atoms with Crippen LogP contribution in [0.25, 0.3) is 11.0 Å². The number of β-amino-alcohol motifs (C(OH)–C–C–N with tert-alkyl or cyclic N) is 1. The molecule has 0 bridgehead atoms. The van der Waals surface area contributed by atoms with E-state index in [1.165, 1.54) is 0 Å². The van der Waals surface area contributed by atoms with E-state index in [9.17, 15) is 5.11 Å². The van der Waals surface area contributed by atoms with Gasteiger partial charge in [-0.2, -0.15) is 0 Å². The van der Waals surface area contributed by atoms with E-state index in [4.69, 9.17) is 9.47 Å². The lowest BCUT2D eigenvalue weighted by Crippen LogP contribution is -2.41. The topological polar surface area (TPSA) is 70.6 Å². The summed E-state index contributed by atoms with van der Waals surface area (Å²) < 4.78 is 11.8. The molecule has 1 saturated heterocycles. The first kappa shape index (κ1) is 25.3. The summed E-state index contributed by atoms with van der Waals surface area (Å²) in [5.74, 6) is 2.22. The predicted molar refractivity (Wildman–Crippen MR) is 128 cm³/mol. The number of imidazole rings is 1. The van der Waals surface area contributed by atoms with Crippen molar-refractivity contribution in [3.63, 3.8) is 0 Å². The molecule has 170 valence electrons. The molecule has 6 nitrogen and oxygen atoms in total. The normalized spacial score (nSPS) is 15.7. The molecule has 2 aromatic carbocycles. The molecule has 2 heterocycles. The molecule has 0 spiro atoms. The summed E-state index contributed by atoms with van der Waals surface area (Å²) in [6, 6.07) is 14.0. The summed E-state index contributed by atoms with van der Waals surface area (Å²) in [4.78, 5) is 9.74. The minimum Gasteiger partial charge on any atom is -0.493 e. The lowest BCUT2D eigenvalue weighted by Gasteiger charge is -2.33. The van der Waals surface area contributed by atoms with Gasteiger partial charge >= 0.3 is 0 Å². The number of aliphatic hydroxyl groups is 1. The van der Waals surface area contributed by atoms with Crippen molar-refractivity contribution in [1.82, 2.24) is 14.9 Å². The standard InChI is InChI=1S/C23H29N3O3.2ClH/c1-17-11-21-23(25-16-24-21)22(12-17)29-15-19(27)13-26-9-7-18(8-10-26)14-28-20-5-3-2-4-6-20;;/h2-6,11-12,16,18-19,27H,7-10,13-15H2,1H3,(H,24,25);2*1H.